The van der Waals surface area contributed by atoms with Gasteiger partial charge < -0.3 is 9.47 Å². The molecule has 2 aliphatic heterocycles. The zero-order valence-corrected chi connectivity index (χ0v) is 17.4. The SMILES string of the molecule is CC(C)c1nc(S(=O)(=O)N2CC(N3CCN(c4ncccn4)CC3)C2)cn1C. The number of rotatable bonds is 5. The molecule has 152 valence electrons. The molecule has 4 rings (SSSR count). The normalized spacial score (nSPS) is 19.9. The van der Waals surface area contributed by atoms with Crippen LogP contribution < -0.4 is 4.90 Å². The second-order valence-electron chi connectivity index (χ2n) is 7.75. The van der Waals surface area contributed by atoms with E-state index in [1.54, 1.807) is 23.2 Å². The number of imidazole rings is 1. The van der Waals surface area contributed by atoms with Gasteiger partial charge in [0.1, 0.15) is 5.82 Å². The standard InChI is InChI=1S/C18H27N7O2S/c1-14(2)17-21-16(13-22(17)3)28(26,27)25-11-15(12-25)23-7-9-24(10-8-23)18-19-5-4-6-20-18/h4-6,13-15H,7-12H2,1-3H3. The number of piperazine rings is 1. The average molecular weight is 406 g/mol. The van der Waals surface area contributed by atoms with Crippen molar-refractivity contribution in [3.05, 3.63) is 30.5 Å². The van der Waals surface area contributed by atoms with Gasteiger partial charge in [0, 0.05) is 76.9 Å². The maximum absolute atomic E-state index is 12.9. The first kappa shape index (κ1) is 19.3. The molecule has 0 unspecified atom stereocenters. The summed E-state index contributed by atoms with van der Waals surface area (Å²) in [6, 6.07) is 2.08. The summed E-state index contributed by atoms with van der Waals surface area (Å²) in [6.07, 6.45) is 5.13. The number of aryl methyl sites for hydroxylation is 1. The van der Waals surface area contributed by atoms with E-state index in [2.05, 4.69) is 24.8 Å². The molecule has 0 amide bonds. The monoisotopic (exact) mass is 405 g/mol. The van der Waals surface area contributed by atoms with Crippen molar-refractivity contribution < 1.29 is 8.42 Å². The minimum Gasteiger partial charge on any atom is -0.338 e. The summed E-state index contributed by atoms with van der Waals surface area (Å²) in [5.41, 5.74) is 0. The smallest absolute Gasteiger partial charge is 0.262 e. The summed E-state index contributed by atoms with van der Waals surface area (Å²) in [6.45, 7) is 8.55. The molecule has 0 aliphatic carbocycles. The van der Waals surface area contributed by atoms with Crippen molar-refractivity contribution >= 4 is 16.0 Å². The van der Waals surface area contributed by atoms with Crippen LogP contribution in [0.15, 0.2) is 29.7 Å². The molecule has 4 heterocycles. The Balaban J connectivity index is 1.34. The first-order valence-corrected chi connectivity index (χ1v) is 11.1. The van der Waals surface area contributed by atoms with Gasteiger partial charge in [-0.1, -0.05) is 13.8 Å². The topological polar surface area (TPSA) is 87.5 Å². The quantitative estimate of drug-likeness (QED) is 0.717. The highest BCUT2D eigenvalue weighted by molar-refractivity contribution is 7.89. The van der Waals surface area contributed by atoms with Crippen LogP contribution in [-0.4, -0.2) is 82.5 Å². The molecule has 0 radical (unpaired) electrons. The summed E-state index contributed by atoms with van der Waals surface area (Å²) >= 11 is 0. The van der Waals surface area contributed by atoms with Gasteiger partial charge in [0.15, 0.2) is 5.03 Å². The maximum atomic E-state index is 12.9. The molecular formula is C18H27N7O2S. The fourth-order valence-corrected chi connectivity index (χ4v) is 5.33. The van der Waals surface area contributed by atoms with Gasteiger partial charge in [0.2, 0.25) is 5.95 Å². The summed E-state index contributed by atoms with van der Waals surface area (Å²) in [7, 11) is -1.68. The van der Waals surface area contributed by atoms with E-state index < -0.39 is 10.0 Å². The van der Waals surface area contributed by atoms with E-state index in [0.717, 1.165) is 38.0 Å². The molecule has 0 bridgehead atoms. The number of hydrogen-bond donors (Lipinski definition) is 0. The third-order valence-corrected chi connectivity index (χ3v) is 7.21. The fourth-order valence-electron chi connectivity index (χ4n) is 3.83. The Morgan fingerprint density at radius 1 is 1.07 bits per heavy atom. The second-order valence-corrected chi connectivity index (χ2v) is 9.64. The van der Waals surface area contributed by atoms with Gasteiger partial charge in [-0.3, -0.25) is 4.90 Å². The lowest BCUT2D eigenvalue weighted by molar-refractivity contribution is 0.0824. The number of sulfonamides is 1. The van der Waals surface area contributed by atoms with Crippen LogP contribution in [0, 0.1) is 0 Å². The van der Waals surface area contributed by atoms with Crippen molar-refractivity contribution in [2.24, 2.45) is 7.05 Å². The molecular weight excluding hydrogens is 378 g/mol. The maximum Gasteiger partial charge on any atom is 0.262 e. The molecule has 0 aromatic carbocycles. The number of anilines is 1. The van der Waals surface area contributed by atoms with E-state index in [-0.39, 0.29) is 17.0 Å². The van der Waals surface area contributed by atoms with Crippen LogP contribution in [0.2, 0.25) is 0 Å². The summed E-state index contributed by atoms with van der Waals surface area (Å²) in [4.78, 5) is 17.5. The highest BCUT2D eigenvalue weighted by Gasteiger charge is 2.41. The molecule has 0 spiro atoms. The molecule has 0 N–H and O–H groups in total. The van der Waals surface area contributed by atoms with Gasteiger partial charge in [-0.15, -0.1) is 0 Å². The largest absolute Gasteiger partial charge is 0.338 e. The van der Waals surface area contributed by atoms with Crippen LogP contribution in [0.3, 0.4) is 0 Å². The van der Waals surface area contributed by atoms with Gasteiger partial charge in [0.05, 0.1) is 0 Å². The van der Waals surface area contributed by atoms with Crippen molar-refractivity contribution in [2.45, 2.75) is 30.8 Å². The first-order chi connectivity index (χ1) is 13.4. The highest BCUT2D eigenvalue weighted by Crippen LogP contribution is 2.26. The van der Waals surface area contributed by atoms with E-state index >= 15 is 0 Å². The third kappa shape index (κ3) is 3.51. The van der Waals surface area contributed by atoms with Crippen molar-refractivity contribution in [1.29, 1.82) is 0 Å². The van der Waals surface area contributed by atoms with E-state index in [1.165, 1.54) is 4.31 Å². The molecule has 0 saturated carbocycles. The summed E-state index contributed by atoms with van der Waals surface area (Å²) < 4.78 is 29.1. The van der Waals surface area contributed by atoms with Gasteiger partial charge in [-0.2, -0.15) is 4.31 Å². The van der Waals surface area contributed by atoms with E-state index in [9.17, 15) is 8.42 Å². The van der Waals surface area contributed by atoms with Crippen molar-refractivity contribution in [2.75, 3.05) is 44.2 Å². The van der Waals surface area contributed by atoms with Gasteiger partial charge in [0.25, 0.3) is 10.0 Å². The zero-order valence-electron chi connectivity index (χ0n) is 16.6. The molecule has 2 fully saturated rings. The lowest BCUT2D eigenvalue weighted by Gasteiger charge is -2.47. The summed E-state index contributed by atoms with van der Waals surface area (Å²) in [5, 5.41) is 0.156. The second kappa shape index (κ2) is 7.41. The fraction of sp³-hybridized carbons (Fsp3) is 0.611. The van der Waals surface area contributed by atoms with Crippen LogP contribution in [0.4, 0.5) is 5.95 Å². The molecule has 2 saturated heterocycles. The van der Waals surface area contributed by atoms with Gasteiger partial charge >= 0.3 is 0 Å². The minimum absolute atomic E-state index is 0.156. The van der Waals surface area contributed by atoms with Crippen molar-refractivity contribution in [1.82, 2.24) is 28.7 Å². The Kier molecular flexibility index (Phi) is 5.11. The lowest BCUT2D eigenvalue weighted by atomic mass is 10.1. The first-order valence-electron chi connectivity index (χ1n) is 9.65. The minimum atomic E-state index is -3.52. The van der Waals surface area contributed by atoms with Crippen LogP contribution in [0.5, 0.6) is 0 Å². The molecule has 2 aliphatic rings. The van der Waals surface area contributed by atoms with Crippen molar-refractivity contribution in [3.8, 4) is 0 Å². The lowest BCUT2D eigenvalue weighted by Crippen LogP contribution is -2.64. The predicted molar refractivity (Wildman–Crippen MR) is 106 cm³/mol. The Morgan fingerprint density at radius 2 is 1.71 bits per heavy atom. The highest BCUT2D eigenvalue weighted by atomic mass is 32.2. The van der Waals surface area contributed by atoms with Gasteiger partial charge in [-0.05, 0) is 6.07 Å². The third-order valence-electron chi connectivity index (χ3n) is 5.51. The van der Waals surface area contributed by atoms with Crippen molar-refractivity contribution in [3.63, 3.8) is 0 Å². The zero-order chi connectivity index (χ0) is 19.9. The number of aromatic nitrogens is 4. The van der Waals surface area contributed by atoms with Crippen LogP contribution >= 0.6 is 0 Å². The average Bonchev–Trinajstić information content (AvgIpc) is 3.05. The molecule has 0 atom stereocenters. The Morgan fingerprint density at radius 3 is 2.29 bits per heavy atom. The Bertz CT molecular complexity index is 915. The van der Waals surface area contributed by atoms with E-state index in [1.807, 2.05) is 27.0 Å². The predicted octanol–water partition coefficient (Wildman–Crippen LogP) is 0.529. The molecule has 2 aromatic rings. The molecule has 9 nitrogen and oxygen atoms in total. The van der Waals surface area contributed by atoms with Crippen LogP contribution in [0.1, 0.15) is 25.6 Å². The van der Waals surface area contributed by atoms with E-state index in [0.29, 0.717) is 13.1 Å². The van der Waals surface area contributed by atoms with Crippen LogP contribution in [-0.2, 0) is 17.1 Å². The number of hydrogen-bond acceptors (Lipinski definition) is 7. The number of nitrogens with zero attached hydrogens (tertiary/aromatic N) is 7. The van der Waals surface area contributed by atoms with E-state index in [4.69, 9.17) is 0 Å². The molecule has 10 heteroatoms. The molecule has 28 heavy (non-hydrogen) atoms. The summed E-state index contributed by atoms with van der Waals surface area (Å²) in [5.74, 6) is 1.73. The van der Waals surface area contributed by atoms with Gasteiger partial charge in [-0.25, -0.2) is 23.4 Å². The Labute approximate surface area is 166 Å². The molecule has 2 aromatic heterocycles. The Hall–Kier alpha value is -2.04. The van der Waals surface area contributed by atoms with Crippen LogP contribution in [0.25, 0.3) is 0 Å².